The van der Waals surface area contributed by atoms with Crippen molar-refractivity contribution in [2.24, 2.45) is 11.8 Å². The number of rotatable bonds is 4. The molecule has 0 aliphatic carbocycles. The highest BCUT2D eigenvalue weighted by Crippen LogP contribution is 2.13. The SMILES string of the molecule is CC(C)C(CBr)CNC(=O)OC(C)(C)C. The molecule has 1 atom stereocenters. The fraction of sp³-hybridized carbons (Fsp3) is 0.909. The Kier molecular flexibility index (Phi) is 6.25. The van der Waals surface area contributed by atoms with Crippen molar-refractivity contribution < 1.29 is 9.53 Å². The summed E-state index contributed by atoms with van der Waals surface area (Å²) in [4.78, 5) is 11.4. The molecule has 0 fully saturated rings. The predicted octanol–water partition coefficient (Wildman–Crippen LogP) is 3.18. The molecule has 1 unspecified atom stereocenters. The maximum atomic E-state index is 11.4. The average Bonchev–Trinajstić information content (AvgIpc) is 2.01. The molecule has 3 nitrogen and oxygen atoms in total. The molecule has 0 aromatic carbocycles. The van der Waals surface area contributed by atoms with Gasteiger partial charge in [0.2, 0.25) is 0 Å². The summed E-state index contributed by atoms with van der Waals surface area (Å²) in [5, 5.41) is 3.67. The van der Waals surface area contributed by atoms with E-state index in [9.17, 15) is 4.79 Å². The highest BCUT2D eigenvalue weighted by atomic mass is 79.9. The normalized spacial score (nSPS) is 13.8. The molecule has 0 bridgehead atoms. The van der Waals surface area contributed by atoms with Gasteiger partial charge in [0, 0.05) is 11.9 Å². The van der Waals surface area contributed by atoms with Crippen LogP contribution in [0.3, 0.4) is 0 Å². The van der Waals surface area contributed by atoms with Gasteiger partial charge in [-0.05, 0) is 32.6 Å². The molecule has 4 heteroatoms. The second kappa shape index (κ2) is 6.36. The minimum Gasteiger partial charge on any atom is -0.444 e. The van der Waals surface area contributed by atoms with E-state index in [1.807, 2.05) is 20.8 Å². The average molecular weight is 280 g/mol. The maximum Gasteiger partial charge on any atom is 0.407 e. The van der Waals surface area contributed by atoms with Crippen molar-refractivity contribution in [3.63, 3.8) is 0 Å². The van der Waals surface area contributed by atoms with Crippen LogP contribution in [0.2, 0.25) is 0 Å². The number of carbonyl (C=O) groups excluding carboxylic acids is 1. The second-order valence-electron chi connectivity index (χ2n) is 5.04. The van der Waals surface area contributed by atoms with Crippen LogP contribution in [0.1, 0.15) is 34.6 Å². The Hall–Kier alpha value is -0.250. The lowest BCUT2D eigenvalue weighted by atomic mass is 9.98. The van der Waals surface area contributed by atoms with Crippen molar-refractivity contribution in [1.29, 1.82) is 0 Å². The molecule has 0 spiro atoms. The summed E-state index contributed by atoms with van der Waals surface area (Å²) in [5.41, 5.74) is -0.425. The van der Waals surface area contributed by atoms with E-state index in [1.54, 1.807) is 0 Å². The third kappa shape index (κ3) is 7.65. The van der Waals surface area contributed by atoms with Crippen molar-refractivity contribution in [3.8, 4) is 0 Å². The smallest absolute Gasteiger partial charge is 0.407 e. The summed E-state index contributed by atoms with van der Waals surface area (Å²) in [7, 11) is 0. The van der Waals surface area contributed by atoms with Crippen molar-refractivity contribution >= 4 is 22.0 Å². The van der Waals surface area contributed by atoms with E-state index in [0.29, 0.717) is 18.4 Å². The van der Waals surface area contributed by atoms with Gasteiger partial charge in [-0.1, -0.05) is 29.8 Å². The quantitative estimate of drug-likeness (QED) is 0.803. The van der Waals surface area contributed by atoms with Crippen LogP contribution in [-0.4, -0.2) is 23.6 Å². The van der Waals surface area contributed by atoms with Crippen LogP contribution in [0.25, 0.3) is 0 Å². The van der Waals surface area contributed by atoms with Crippen molar-refractivity contribution in [3.05, 3.63) is 0 Å². The molecule has 1 amide bonds. The second-order valence-corrected chi connectivity index (χ2v) is 5.69. The number of alkyl halides is 1. The molecule has 0 aliphatic rings. The van der Waals surface area contributed by atoms with Crippen LogP contribution in [0.15, 0.2) is 0 Å². The lowest BCUT2D eigenvalue weighted by Crippen LogP contribution is -2.36. The molecule has 0 aromatic rings. The van der Waals surface area contributed by atoms with Gasteiger partial charge in [-0.2, -0.15) is 0 Å². The van der Waals surface area contributed by atoms with Gasteiger partial charge in [-0.3, -0.25) is 0 Å². The zero-order valence-electron chi connectivity index (χ0n) is 10.3. The number of alkyl carbamates (subject to hydrolysis) is 1. The highest BCUT2D eigenvalue weighted by Gasteiger charge is 2.18. The molecule has 0 aliphatic heterocycles. The van der Waals surface area contributed by atoms with Gasteiger partial charge in [0.25, 0.3) is 0 Å². The Bertz CT molecular complexity index is 199. The van der Waals surface area contributed by atoms with Gasteiger partial charge in [0.1, 0.15) is 5.60 Å². The van der Waals surface area contributed by atoms with Crippen LogP contribution in [0, 0.1) is 11.8 Å². The molecule has 90 valence electrons. The Labute approximate surface area is 101 Å². The first kappa shape index (κ1) is 14.8. The fourth-order valence-electron chi connectivity index (χ4n) is 0.997. The summed E-state index contributed by atoms with van der Waals surface area (Å²) in [5.74, 6) is 0.983. The van der Waals surface area contributed by atoms with Gasteiger partial charge < -0.3 is 10.1 Å². The van der Waals surface area contributed by atoms with E-state index in [2.05, 4.69) is 35.1 Å². The van der Waals surface area contributed by atoms with Crippen molar-refractivity contribution in [1.82, 2.24) is 5.32 Å². The lowest BCUT2D eigenvalue weighted by Gasteiger charge is -2.22. The first-order valence-corrected chi connectivity index (χ1v) is 6.41. The summed E-state index contributed by atoms with van der Waals surface area (Å²) >= 11 is 3.44. The first-order valence-electron chi connectivity index (χ1n) is 5.29. The molecule has 0 heterocycles. The summed E-state index contributed by atoms with van der Waals surface area (Å²) in [6.45, 7) is 10.5. The Morgan fingerprint density at radius 1 is 1.40 bits per heavy atom. The minimum absolute atomic E-state index is 0.339. The maximum absolute atomic E-state index is 11.4. The van der Waals surface area contributed by atoms with Gasteiger partial charge in [-0.15, -0.1) is 0 Å². The standard InChI is InChI=1S/C11H22BrNO2/c1-8(2)9(6-12)7-13-10(14)15-11(3,4)5/h8-9H,6-7H2,1-5H3,(H,13,14). The van der Waals surface area contributed by atoms with Crippen molar-refractivity contribution in [2.45, 2.75) is 40.2 Å². The molecule has 1 N–H and O–H groups in total. The third-order valence-corrected chi connectivity index (χ3v) is 2.88. The molecule has 0 saturated heterocycles. The van der Waals surface area contributed by atoms with E-state index >= 15 is 0 Å². The first-order chi connectivity index (χ1) is 6.76. The topological polar surface area (TPSA) is 38.3 Å². The van der Waals surface area contributed by atoms with Gasteiger partial charge in [0.15, 0.2) is 0 Å². The van der Waals surface area contributed by atoms with Gasteiger partial charge >= 0.3 is 6.09 Å². The largest absolute Gasteiger partial charge is 0.444 e. The molecular weight excluding hydrogens is 258 g/mol. The molecule has 15 heavy (non-hydrogen) atoms. The van der Waals surface area contributed by atoms with E-state index < -0.39 is 5.60 Å². The molecule has 0 rings (SSSR count). The number of amides is 1. The number of hydrogen-bond donors (Lipinski definition) is 1. The Morgan fingerprint density at radius 2 is 1.93 bits per heavy atom. The fourth-order valence-corrected chi connectivity index (χ4v) is 1.97. The number of nitrogens with one attached hydrogen (secondary N) is 1. The zero-order valence-corrected chi connectivity index (χ0v) is 11.8. The van der Waals surface area contributed by atoms with Crippen LogP contribution in [0.5, 0.6) is 0 Å². The van der Waals surface area contributed by atoms with E-state index in [1.165, 1.54) is 0 Å². The van der Waals surface area contributed by atoms with Gasteiger partial charge in [0.05, 0.1) is 0 Å². The van der Waals surface area contributed by atoms with Gasteiger partial charge in [-0.25, -0.2) is 4.79 Å². The molecule has 0 aromatic heterocycles. The van der Waals surface area contributed by atoms with Crippen molar-refractivity contribution in [2.75, 3.05) is 11.9 Å². The zero-order chi connectivity index (χ0) is 12.1. The number of carbonyl (C=O) groups is 1. The summed E-state index contributed by atoms with van der Waals surface area (Å²) in [6, 6.07) is 0. The Morgan fingerprint density at radius 3 is 2.27 bits per heavy atom. The van der Waals surface area contributed by atoms with Crippen LogP contribution in [0.4, 0.5) is 4.79 Å². The summed E-state index contributed by atoms with van der Waals surface area (Å²) in [6.07, 6.45) is -0.339. The van der Waals surface area contributed by atoms with Crippen LogP contribution >= 0.6 is 15.9 Å². The van der Waals surface area contributed by atoms with E-state index in [-0.39, 0.29) is 6.09 Å². The Balaban J connectivity index is 3.89. The third-order valence-electron chi connectivity index (χ3n) is 2.05. The molecule has 0 radical (unpaired) electrons. The van der Waals surface area contributed by atoms with E-state index in [0.717, 1.165) is 5.33 Å². The molecular formula is C11H22BrNO2. The number of halogens is 1. The van der Waals surface area contributed by atoms with Crippen LogP contribution in [-0.2, 0) is 4.74 Å². The number of hydrogen-bond acceptors (Lipinski definition) is 2. The summed E-state index contributed by atoms with van der Waals surface area (Å²) < 4.78 is 5.15. The minimum atomic E-state index is -0.425. The number of ether oxygens (including phenoxy) is 1. The monoisotopic (exact) mass is 279 g/mol. The van der Waals surface area contributed by atoms with E-state index in [4.69, 9.17) is 4.74 Å². The predicted molar refractivity (Wildman–Crippen MR) is 66.4 cm³/mol. The highest BCUT2D eigenvalue weighted by molar-refractivity contribution is 9.09. The molecule has 0 saturated carbocycles. The van der Waals surface area contributed by atoms with Crippen LogP contribution < -0.4 is 5.32 Å². The lowest BCUT2D eigenvalue weighted by molar-refractivity contribution is 0.0517.